The van der Waals surface area contributed by atoms with Crippen molar-refractivity contribution < 1.29 is 23.4 Å². The summed E-state index contributed by atoms with van der Waals surface area (Å²) in [5.41, 5.74) is 0.0893. The highest BCUT2D eigenvalue weighted by atomic mass is 79.9. The van der Waals surface area contributed by atoms with Gasteiger partial charge in [0.2, 0.25) is 0 Å². The second-order valence-electron chi connectivity index (χ2n) is 6.15. The lowest BCUT2D eigenvalue weighted by atomic mass is 9.77. The number of alkyl halides is 2. The molecule has 1 aromatic heterocycles. The van der Waals surface area contributed by atoms with Crippen LogP contribution in [0.2, 0.25) is 0 Å². The van der Waals surface area contributed by atoms with Crippen LogP contribution < -0.4 is 10.1 Å². The van der Waals surface area contributed by atoms with E-state index in [0.717, 1.165) is 0 Å². The number of carbonyl (C=O) groups is 1. The van der Waals surface area contributed by atoms with Crippen molar-refractivity contribution >= 4 is 32.7 Å². The lowest BCUT2D eigenvalue weighted by Gasteiger charge is -2.41. The second-order valence-corrected chi connectivity index (χ2v) is 7.01. The number of amides is 1. The Hall–Kier alpha value is -1.80. The van der Waals surface area contributed by atoms with Gasteiger partial charge in [0.05, 0.1) is 21.2 Å². The standard InChI is InChI=1S/C16H15BrF2N2O3/c1-16(23)5-10(6-16)21-14(22)9-2-8-3-11(17)13(24-15(18)19)4-12(8)20-7-9/h2-4,7,10,15,23H,5-6H2,1H3,(H,21,22)/t10-,16+. The number of aromatic nitrogens is 1. The maximum absolute atomic E-state index is 12.4. The average Bonchev–Trinajstić information content (AvgIpc) is 2.45. The van der Waals surface area contributed by atoms with Gasteiger partial charge in [-0.25, -0.2) is 0 Å². The van der Waals surface area contributed by atoms with E-state index in [-0.39, 0.29) is 17.7 Å². The number of ether oxygens (including phenoxy) is 1. The monoisotopic (exact) mass is 400 g/mol. The minimum Gasteiger partial charge on any atom is -0.434 e. The zero-order valence-electron chi connectivity index (χ0n) is 12.7. The first-order valence-corrected chi connectivity index (χ1v) is 8.10. The molecule has 1 heterocycles. The van der Waals surface area contributed by atoms with Gasteiger partial charge in [0.25, 0.3) is 5.91 Å². The molecule has 0 atom stereocenters. The van der Waals surface area contributed by atoms with Crippen LogP contribution in [0.1, 0.15) is 30.1 Å². The second kappa shape index (κ2) is 6.25. The van der Waals surface area contributed by atoms with E-state index in [1.807, 2.05) is 0 Å². The first-order valence-electron chi connectivity index (χ1n) is 7.31. The van der Waals surface area contributed by atoms with Crippen molar-refractivity contribution in [3.63, 3.8) is 0 Å². The van der Waals surface area contributed by atoms with Gasteiger partial charge in [-0.2, -0.15) is 8.78 Å². The molecule has 2 aromatic rings. The molecule has 1 aromatic carbocycles. The first kappa shape index (κ1) is 17.0. The van der Waals surface area contributed by atoms with E-state index >= 15 is 0 Å². The Morgan fingerprint density at radius 1 is 1.46 bits per heavy atom. The molecule has 1 amide bonds. The Balaban J connectivity index is 1.79. The summed E-state index contributed by atoms with van der Waals surface area (Å²) in [6.45, 7) is -1.20. The third-order valence-electron chi connectivity index (χ3n) is 3.92. The van der Waals surface area contributed by atoms with Gasteiger partial charge >= 0.3 is 6.61 Å². The molecular weight excluding hydrogens is 386 g/mol. The summed E-state index contributed by atoms with van der Waals surface area (Å²) >= 11 is 3.17. The van der Waals surface area contributed by atoms with Gasteiger partial charge in [0.15, 0.2) is 0 Å². The lowest BCUT2D eigenvalue weighted by molar-refractivity contribution is -0.0503. The Kier molecular flexibility index (Phi) is 4.44. The molecule has 1 aliphatic rings. The molecule has 0 aliphatic heterocycles. The van der Waals surface area contributed by atoms with Crippen molar-refractivity contribution in [1.29, 1.82) is 0 Å². The Bertz CT molecular complexity index is 790. The predicted octanol–water partition coefficient (Wildman–Crippen LogP) is 3.24. The van der Waals surface area contributed by atoms with Crippen LogP contribution in [0.4, 0.5) is 8.78 Å². The van der Waals surface area contributed by atoms with Gasteiger partial charge in [0, 0.05) is 23.7 Å². The van der Waals surface area contributed by atoms with Crippen LogP contribution in [-0.4, -0.2) is 34.3 Å². The number of fused-ring (bicyclic) bond motifs is 1. The maximum atomic E-state index is 12.4. The molecule has 1 fully saturated rings. The number of halogens is 3. The quantitative estimate of drug-likeness (QED) is 0.826. The number of pyridine rings is 1. The molecule has 1 saturated carbocycles. The molecule has 5 nitrogen and oxygen atoms in total. The molecule has 3 rings (SSSR count). The molecule has 24 heavy (non-hydrogen) atoms. The third kappa shape index (κ3) is 3.64. The van der Waals surface area contributed by atoms with E-state index in [0.29, 0.717) is 33.8 Å². The van der Waals surface area contributed by atoms with E-state index in [9.17, 15) is 18.7 Å². The number of aliphatic hydroxyl groups is 1. The third-order valence-corrected chi connectivity index (χ3v) is 4.54. The predicted molar refractivity (Wildman–Crippen MR) is 87.2 cm³/mol. The van der Waals surface area contributed by atoms with Gasteiger partial charge in [-0.15, -0.1) is 0 Å². The van der Waals surface area contributed by atoms with Gasteiger partial charge in [-0.1, -0.05) is 0 Å². The molecule has 0 bridgehead atoms. The maximum Gasteiger partial charge on any atom is 0.387 e. The highest BCUT2D eigenvalue weighted by molar-refractivity contribution is 9.10. The summed E-state index contributed by atoms with van der Waals surface area (Å²) in [6, 6.07) is 4.53. The van der Waals surface area contributed by atoms with Crippen LogP contribution in [0, 0.1) is 0 Å². The molecule has 2 N–H and O–H groups in total. The number of rotatable bonds is 4. The van der Waals surface area contributed by atoms with Crippen LogP contribution in [0.25, 0.3) is 10.9 Å². The van der Waals surface area contributed by atoms with E-state index in [2.05, 4.69) is 31.0 Å². The van der Waals surface area contributed by atoms with Crippen LogP contribution in [0.3, 0.4) is 0 Å². The van der Waals surface area contributed by atoms with Crippen LogP contribution in [0.5, 0.6) is 5.75 Å². The van der Waals surface area contributed by atoms with Crippen LogP contribution >= 0.6 is 15.9 Å². The number of benzene rings is 1. The average molecular weight is 401 g/mol. The number of carbonyl (C=O) groups excluding carboxylic acids is 1. The molecule has 0 unspecified atom stereocenters. The van der Waals surface area contributed by atoms with E-state index in [4.69, 9.17) is 0 Å². The summed E-state index contributed by atoms with van der Waals surface area (Å²) in [7, 11) is 0. The molecule has 0 radical (unpaired) electrons. The SMILES string of the molecule is C[C@]1(O)C[C@@H](NC(=O)c2cnc3cc(OC(F)F)c(Br)cc3c2)C1. The smallest absolute Gasteiger partial charge is 0.387 e. The Morgan fingerprint density at radius 2 is 2.17 bits per heavy atom. The minimum atomic E-state index is -2.93. The van der Waals surface area contributed by atoms with Gasteiger partial charge in [-0.3, -0.25) is 9.78 Å². The van der Waals surface area contributed by atoms with Crippen LogP contribution in [-0.2, 0) is 0 Å². The summed E-state index contributed by atoms with van der Waals surface area (Å²) in [5, 5.41) is 13.1. The van der Waals surface area contributed by atoms with Gasteiger partial charge in [-0.05, 0) is 47.8 Å². The van der Waals surface area contributed by atoms with E-state index in [1.54, 1.807) is 19.1 Å². The summed E-state index contributed by atoms with van der Waals surface area (Å²) in [6.07, 6.45) is 2.41. The lowest BCUT2D eigenvalue weighted by Crippen LogP contribution is -2.53. The highest BCUT2D eigenvalue weighted by Gasteiger charge is 2.39. The van der Waals surface area contributed by atoms with Crippen LogP contribution in [0.15, 0.2) is 28.9 Å². The van der Waals surface area contributed by atoms with E-state index in [1.165, 1.54) is 12.3 Å². The summed E-state index contributed by atoms with van der Waals surface area (Å²) in [5.74, 6) is -0.298. The number of hydrogen-bond donors (Lipinski definition) is 2. The van der Waals surface area contributed by atoms with Crippen molar-refractivity contribution in [3.8, 4) is 5.75 Å². The van der Waals surface area contributed by atoms with E-state index < -0.39 is 12.2 Å². The number of nitrogens with zero attached hydrogens (tertiary/aromatic N) is 1. The minimum absolute atomic E-state index is 0.0149. The zero-order chi connectivity index (χ0) is 17.5. The number of nitrogens with one attached hydrogen (secondary N) is 1. The highest BCUT2D eigenvalue weighted by Crippen LogP contribution is 2.32. The number of hydrogen-bond acceptors (Lipinski definition) is 4. The zero-order valence-corrected chi connectivity index (χ0v) is 14.3. The van der Waals surface area contributed by atoms with Crippen molar-refractivity contribution in [2.75, 3.05) is 0 Å². The molecule has 8 heteroatoms. The topological polar surface area (TPSA) is 71.5 Å². The normalized spacial score (nSPS) is 23.2. The van der Waals surface area contributed by atoms with Crippen molar-refractivity contribution in [2.24, 2.45) is 0 Å². The molecule has 1 aliphatic carbocycles. The molecule has 0 saturated heterocycles. The Labute approximate surface area is 145 Å². The van der Waals surface area contributed by atoms with Crippen molar-refractivity contribution in [2.45, 2.75) is 38.0 Å². The fourth-order valence-corrected chi connectivity index (χ4v) is 3.27. The largest absolute Gasteiger partial charge is 0.434 e. The van der Waals surface area contributed by atoms with Crippen molar-refractivity contribution in [1.82, 2.24) is 10.3 Å². The molecular formula is C16H15BrF2N2O3. The fourth-order valence-electron chi connectivity index (χ4n) is 2.81. The van der Waals surface area contributed by atoms with Gasteiger partial charge < -0.3 is 15.2 Å². The fraction of sp³-hybridized carbons (Fsp3) is 0.375. The summed E-state index contributed by atoms with van der Waals surface area (Å²) < 4.78 is 29.5. The molecule has 0 spiro atoms. The summed E-state index contributed by atoms with van der Waals surface area (Å²) in [4.78, 5) is 16.4. The first-order chi connectivity index (χ1) is 11.2. The molecule has 128 valence electrons. The Morgan fingerprint density at radius 3 is 2.79 bits per heavy atom. The van der Waals surface area contributed by atoms with Gasteiger partial charge in [0.1, 0.15) is 5.75 Å². The van der Waals surface area contributed by atoms with Crippen molar-refractivity contribution in [3.05, 3.63) is 34.4 Å².